The van der Waals surface area contributed by atoms with Crippen molar-refractivity contribution in [3.63, 3.8) is 0 Å². The van der Waals surface area contributed by atoms with Gasteiger partial charge in [0, 0.05) is 46.3 Å². The number of hydrogen-bond donors (Lipinski definition) is 4. The summed E-state index contributed by atoms with van der Waals surface area (Å²) in [5.41, 5.74) is 7.60. The Balaban J connectivity index is 1.57. The van der Waals surface area contributed by atoms with Crippen LogP contribution in [0.4, 0.5) is 11.4 Å². The first-order valence-corrected chi connectivity index (χ1v) is 12.5. The number of amides is 1. The summed E-state index contributed by atoms with van der Waals surface area (Å²) in [6, 6.07) is 8.57. The van der Waals surface area contributed by atoms with E-state index in [-0.39, 0.29) is 17.7 Å². The molecule has 4 rings (SSSR count). The van der Waals surface area contributed by atoms with Crippen LogP contribution in [0.5, 0.6) is 5.75 Å². The van der Waals surface area contributed by atoms with E-state index in [2.05, 4.69) is 16.2 Å². The third-order valence-corrected chi connectivity index (χ3v) is 6.90. The van der Waals surface area contributed by atoms with Crippen LogP contribution in [0.3, 0.4) is 0 Å². The molecule has 2 saturated carbocycles. The van der Waals surface area contributed by atoms with E-state index in [9.17, 15) is 15.1 Å². The second kappa shape index (κ2) is 10.6. The molecule has 8 nitrogen and oxygen atoms in total. The highest BCUT2D eigenvalue weighted by Crippen LogP contribution is 2.35. The minimum Gasteiger partial charge on any atom is -0.491 e. The summed E-state index contributed by atoms with van der Waals surface area (Å²) in [4.78, 5) is 17.8. The summed E-state index contributed by atoms with van der Waals surface area (Å²) >= 11 is 0. The van der Waals surface area contributed by atoms with Crippen LogP contribution in [0.1, 0.15) is 80.0 Å². The fraction of sp³-hybridized carbons (Fsp3) is 0.464. The molecule has 1 amide bonds. The van der Waals surface area contributed by atoms with Crippen LogP contribution in [0.2, 0.25) is 0 Å². The van der Waals surface area contributed by atoms with Crippen molar-refractivity contribution >= 4 is 23.5 Å². The first kappa shape index (κ1) is 25.5. The number of aliphatic imine (C=N–C) groups is 1. The van der Waals surface area contributed by atoms with Crippen LogP contribution in [-0.2, 0) is 0 Å². The third kappa shape index (κ3) is 5.97. The average Bonchev–Trinajstić information content (AvgIpc) is 3.68. The molecule has 8 heteroatoms. The van der Waals surface area contributed by atoms with Crippen LogP contribution in [0.15, 0.2) is 35.3 Å². The van der Waals surface area contributed by atoms with E-state index < -0.39 is 11.5 Å². The Labute approximate surface area is 212 Å². The minimum atomic E-state index is -1.04. The van der Waals surface area contributed by atoms with E-state index in [1.54, 1.807) is 36.5 Å². The summed E-state index contributed by atoms with van der Waals surface area (Å²) in [6.45, 7) is 4.44. The van der Waals surface area contributed by atoms with Gasteiger partial charge in [-0.2, -0.15) is 0 Å². The minimum absolute atomic E-state index is 0.0361. The fourth-order valence-corrected chi connectivity index (χ4v) is 4.31. The standard InChI is InChI=1S/C28H34N4O4/c1-4-28(34)12-10-21(11-13-28)30-16-20-14-23(26(15-22(20)29)36-17-19-8-9-19)31-27(33)25-7-5-6-24(18(2)3)32(25)35/h1,5-7,14-16,18-19,21,29,33-35H,8-13,17H2,2-3H3/p+1. The van der Waals surface area contributed by atoms with Gasteiger partial charge in [0.05, 0.1) is 18.3 Å². The number of rotatable bonds is 8. The van der Waals surface area contributed by atoms with Crippen molar-refractivity contribution in [1.29, 1.82) is 0 Å². The van der Waals surface area contributed by atoms with E-state index >= 15 is 0 Å². The Morgan fingerprint density at radius 2 is 2.06 bits per heavy atom. The Bertz CT molecular complexity index is 1190. The number of hydrogen-bond acceptors (Lipinski definition) is 6. The molecule has 5 N–H and O–H groups in total. The molecule has 0 bridgehead atoms. The maximum absolute atomic E-state index is 13.2. The Kier molecular flexibility index (Phi) is 7.51. The monoisotopic (exact) mass is 491 g/mol. The number of carbonyl (C=O) groups is 1. The summed E-state index contributed by atoms with van der Waals surface area (Å²) in [5.74, 6) is 3.04. The van der Waals surface area contributed by atoms with Gasteiger partial charge in [0.25, 0.3) is 0 Å². The Hall–Kier alpha value is -3.57. The van der Waals surface area contributed by atoms with E-state index in [0.717, 1.165) is 17.6 Å². The van der Waals surface area contributed by atoms with E-state index in [1.165, 1.54) is 0 Å². The molecule has 36 heavy (non-hydrogen) atoms. The Morgan fingerprint density at radius 1 is 1.33 bits per heavy atom. The number of nitrogens with zero attached hydrogens (tertiary/aromatic N) is 2. The molecular weight excluding hydrogens is 456 g/mol. The summed E-state index contributed by atoms with van der Waals surface area (Å²) < 4.78 is 6.92. The van der Waals surface area contributed by atoms with E-state index in [0.29, 0.717) is 66.6 Å². The largest absolute Gasteiger partial charge is 0.491 e. The predicted molar refractivity (Wildman–Crippen MR) is 139 cm³/mol. The molecule has 0 saturated heterocycles. The SMILES string of the molecule is C#CC1(O)CCC(N=Cc2cc(NC(=O)c3cccc(C(C)C)[n+]3O)c(OCC3CC3)cc2N)CC1. The molecule has 190 valence electrons. The molecule has 0 atom stereocenters. The molecule has 0 unspecified atom stereocenters. The number of ether oxygens (including phenoxy) is 1. The normalized spacial score (nSPS) is 21.9. The molecule has 1 heterocycles. The van der Waals surface area contributed by atoms with Crippen molar-refractivity contribution in [2.24, 2.45) is 10.9 Å². The molecule has 0 spiro atoms. The first-order chi connectivity index (χ1) is 17.2. The maximum Gasteiger partial charge on any atom is 0.325 e. The maximum atomic E-state index is 13.2. The highest BCUT2D eigenvalue weighted by molar-refractivity contribution is 6.04. The fourth-order valence-electron chi connectivity index (χ4n) is 4.31. The number of nitrogen functional groups attached to an aromatic ring is 1. The molecule has 1 aromatic heterocycles. The number of nitrogens with one attached hydrogen (secondary N) is 1. The van der Waals surface area contributed by atoms with Crippen LogP contribution in [-0.4, -0.2) is 40.7 Å². The Morgan fingerprint density at radius 3 is 2.69 bits per heavy atom. The lowest BCUT2D eigenvalue weighted by molar-refractivity contribution is -0.911. The van der Waals surface area contributed by atoms with Gasteiger partial charge in [-0.05, 0) is 56.6 Å². The molecule has 2 fully saturated rings. The summed E-state index contributed by atoms with van der Waals surface area (Å²) in [7, 11) is 0. The smallest absolute Gasteiger partial charge is 0.325 e. The van der Waals surface area contributed by atoms with Crippen LogP contribution in [0, 0.1) is 18.3 Å². The number of nitrogens with two attached hydrogens (primary N) is 1. The first-order valence-electron chi connectivity index (χ1n) is 12.5. The third-order valence-electron chi connectivity index (χ3n) is 6.90. The highest BCUT2D eigenvalue weighted by Gasteiger charge is 2.31. The second-order valence-electron chi connectivity index (χ2n) is 10.2. The van der Waals surface area contributed by atoms with Gasteiger partial charge in [0.1, 0.15) is 11.4 Å². The van der Waals surface area contributed by atoms with Crippen LogP contribution >= 0.6 is 0 Å². The van der Waals surface area contributed by atoms with Gasteiger partial charge < -0.3 is 20.9 Å². The number of pyridine rings is 1. The lowest BCUT2D eigenvalue weighted by Gasteiger charge is -2.30. The lowest BCUT2D eigenvalue weighted by Crippen LogP contribution is -2.43. The zero-order valence-corrected chi connectivity index (χ0v) is 20.9. The predicted octanol–water partition coefficient (Wildman–Crippen LogP) is 3.68. The number of benzene rings is 1. The topological polar surface area (TPSA) is 121 Å². The quantitative estimate of drug-likeness (QED) is 0.148. The molecule has 1 aromatic carbocycles. The molecular formula is C28H35N4O4+. The molecule has 0 aliphatic heterocycles. The van der Waals surface area contributed by atoms with Crippen molar-refractivity contribution in [3.8, 4) is 18.1 Å². The van der Waals surface area contributed by atoms with Gasteiger partial charge in [-0.3, -0.25) is 15.0 Å². The van der Waals surface area contributed by atoms with Crippen molar-refractivity contribution < 1.29 is 24.6 Å². The molecule has 0 radical (unpaired) electrons. The van der Waals surface area contributed by atoms with E-state index in [4.69, 9.17) is 16.9 Å². The van der Waals surface area contributed by atoms with Crippen molar-refractivity contribution in [1.82, 2.24) is 0 Å². The highest BCUT2D eigenvalue weighted by atomic mass is 16.5. The van der Waals surface area contributed by atoms with Crippen molar-refractivity contribution in [2.75, 3.05) is 17.7 Å². The molecule has 2 aromatic rings. The summed E-state index contributed by atoms with van der Waals surface area (Å²) in [5, 5.41) is 23.7. The second-order valence-corrected chi connectivity index (χ2v) is 10.2. The number of aromatic nitrogens is 1. The van der Waals surface area contributed by atoms with Gasteiger partial charge in [0.15, 0.2) is 0 Å². The van der Waals surface area contributed by atoms with Crippen LogP contribution in [0.25, 0.3) is 0 Å². The number of aliphatic hydroxyl groups is 1. The van der Waals surface area contributed by atoms with Gasteiger partial charge >= 0.3 is 11.6 Å². The average molecular weight is 492 g/mol. The number of carbonyl (C=O) groups excluding carboxylic acids is 1. The lowest BCUT2D eigenvalue weighted by atomic mass is 9.83. The van der Waals surface area contributed by atoms with Gasteiger partial charge in [-0.25, -0.2) is 0 Å². The van der Waals surface area contributed by atoms with Gasteiger partial charge in [0.2, 0.25) is 5.69 Å². The van der Waals surface area contributed by atoms with Crippen molar-refractivity contribution in [2.45, 2.75) is 69.9 Å². The van der Waals surface area contributed by atoms with E-state index in [1.807, 2.05) is 13.8 Å². The van der Waals surface area contributed by atoms with Crippen molar-refractivity contribution in [3.05, 3.63) is 47.3 Å². The molecule has 2 aliphatic carbocycles. The summed E-state index contributed by atoms with van der Waals surface area (Å²) in [6.07, 6.45) is 11.8. The van der Waals surface area contributed by atoms with Crippen LogP contribution < -0.4 is 20.5 Å². The number of terminal acetylenes is 1. The zero-order valence-electron chi connectivity index (χ0n) is 20.9. The zero-order chi connectivity index (χ0) is 25.9. The number of anilines is 2. The van der Waals surface area contributed by atoms with Gasteiger partial charge in [-0.15, -0.1) is 6.42 Å². The van der Waals surface area contributed by atoms with Gasteiger partial charge in [-0.1, -0.05) is 19.8 Å². The molecule has 2 aliphatic rings.